The van der Waals surface area contributed by atoms with Crippen LogP contribution in [0, 0.1) is 0 Å². The molecule has 0 aliphatic carbocycles. The van der Waals surface area contributed by atoms with E-state index in [4.69, 9.17) is 11.6 Å². The SMILES string of the molecule is O=C(CS(=O)(=O)CCCc1ccccc1)NCC(=O)Nc1ccc(Cl)cc1. The van der Waals surface area contributed by atoms with Gasteiger partial charge in [-0.3, -0.25) is 9.59 Å². The van der Waals surface area contributed by atoms with E-state index in [1.165, 1.54) is 0 Å². The van der Waals surface area contributed by atoms with Gasteiger partial charge in [0.2, 0.25) is 11.8 Å². The third kappa shape index (κ3) is 8.23. The number of benzene rings is 2. The Morgan fingerprint density at radius 2 is 1.59 bits per heavy atom. The number of anilines is 1. The minimum Gasteiger partial charge on any atom is -0.346 e. The first-order valence-corrected chi connectivity index (χ1v) is 10.6. The van der Waals surface area contributed by atoms with Gasteiger partial charge in [0, 0.05) is 10.7 Å². The standard InChI is InChI=1S/C19H21ClN2O4S/c20-16-8-10-17(11-9-16)22-18(23)13-21-19(24)14-27(25,26)12-4-7-15-5-2-1-3-6-15/h1-3,5-6,8-11H,4,7,12-14H2,(H,21,24)(H,22,23). The van der Waals surface area contributed by atoms with E-state index < -0.39 is 27.4 Å². The quantitative estimate of drug-likeness (QED) is 0.666. The average Bonchev–Trinajstić information content (AvgIpc) is 2.62. The number of sulfone groups is 1. The van der Waals surface area contributed by atoms with Crippen molar-refractivity contribution in [3.63, 3.8) is 0 Å². The molecule has 144 valence electrons. The van der Waals surface area contributed by atoms with Crippen LogP contribution in [0.3, 0.4) is 0 Å². The lowest BCUT2D eigenvalue weighted by atomic mass is 10.1. The van der Waals surface area contributed by atoms with Crippen molar-refractivity contribution < 1.29 is 18.0 Å². The molecule has 0 fully saturated rings. The summed E-state index contributed by atoms with van der Waals surface area (Å²) in [5.41, 5.74) is 1.59. The molecule has 2 amide bonds. The normalized spacial score (nSPS) is 11.0. The van der Waals surface area contributed by atoms with Crippen molar-refractivity contribution in [3.05, 3.63) is 65.2 Å². The summed E-state index contributed by atoms with van der Waals surface area (Å²) in [5, 5.41) is 5.44. The Labute approximate surface area is 163 Å². The fourth-order valence-corrected chi connectivity index (χ4v) is 3.74. The third-order valence-electron chi connectivity index (χ3n) is 3.69. The number of carbonyl (C=O) groups excluding carboxylic acids is 2. The van der Waals surface area contributed by atoms with Crippen LogP contribution >= 0.6 is 11.6 Å². The summed E-state index contributed by atoms with van der Waals surface area (Å²) in [7, 11) is -3.52. The smallest absolute Gasteiger partial charge is 0.243 e. The van der Waals surface area contributed by atoms with Gasteiger partial charge in [0.15, 0.2) is 9.84 Å². The van der Waals surface area contributed by atoms with Crippen molar-refractivity contribution in [2.45, 2.75) is 12.8 Å². The molecule has 2 N–H and O–H groups in total. The topological polar surface area (TPSA) is 92.3 Å². The molecule has 0 spiro atoms. The molecule has 0 bridgehead atoms. The van der Waals surface area contributed by atoms with Gasteiger partial charge < -0.3 is 10.6 Å². The van der Waals surface area contributed by atoms with E-state index in [0.29, 0.717) is 23.6 Å². The molecule has 27 heavy (non-hydrogen) atoms. The molecule has 2 aromatic carbocycles. The van der Waals surface area contributed by atoms with Crippen LogP contribution in [0.5, 0.6) is 0 Å². The maximum absolute atomic E-state index is 12.0. The molecule has 0 aliphatic rings. The molecule has 0 heterocycles. The summed E-state index contributed by atoms with van der Waals surface area (Å²) >= 11 is 5.76. The van der Waals surface area contributed by atoms with E-state index in [0.717, 1.165) is 5.56 Å². The van der Waals surface area contributed by atoms with Gasteiger partial charge in [-0.15, -0.1) is 0 Å². The molecule has 2 aromatic rings. The predicted octanol–water partition coefficient (Wildman–Crippen LogP) is 2.44. The van der Waals surface area contributed by atoms with Gasteiger partial charge in [0.05, 0.1) is 12.3 Å². The van der Waals surface area contributed by atoms with Crippen LogP contribution < -0.4 is 10.6 Å². The number of halogens is 1. The van der Waals surface area contributed by atoms with Crippen molar-refractivity contribution in [1.29, 1.82) is 0 Å². The lowest BCUT2D eigenvalue weighted by Crippen LogP contribution is -2.37. The average molecular weight is 409 g/mol. The van der Waals surface area contributed by atoms with Gasteiger partial charge in [-0.2, -0.15) is 0 Å². The molecule has 6 nitrogen and oxygen atoms in total. The second-order valence-corrected chi connectivity index (χ2v) is 8.63. The fraction of sp³-hybridized carbons (Fsp3) is 0.263. The van der Waals surface area contributed by atoms with Gasteiger partial charge in [0.1, 0.15) is 5.75 Å². The Kier molecular flexibility index (Phi) is 7.82. The van der Waals surface area contributed by atoms with E-state index in [1.54, 1.807) is 24.3 Å². The molecular formula is C19H21ClN2O4S. The van der Waals surface area contributed by atoms with Crippen molar-refractivity contribution >= 4 is 38.9 Å². The summed E-state index contributed by atoms with van der Waals surface area (Å²) in [4.78, 5) is 23.6. The summed E-state index contributed by atoms with van der Waals surface area (Å²) in [6.07, 6.45) is 1.07. The second kappa shape index (κ2) is 10.1. The highest BCUT2D eigenvalue weighted by molar-refractivity contribution is 7.92. The van der Waals surface area contributed by atoms with Crippen LogP contribution in [0.1, 0.15) is 12.0 Å². The molecule has 0 aliphatic heterocycles. The maximum atomic E-state index is 12.0. The van der Waals surface area contributed by atoms with Crippen molar-refractivity contribution in [3.8, 4) is 0 Å². The van der Waals surface area contributed by atoms with Gasteiger partial charge >= 0.3 is 0 Å². The Morgan fingerprint density at radius 1 is 0.926 bits per heavy atom. The fourth-order valence-electron chi connectivity index (χ4n) is 2.38. The predicted molar refractivity (Wildman–Crippen MR) is 107 cm³/mol. The molecule has 0 radical (unpaired) electrons. The van der Waals surface area contributed by atoms with Crippen LogP contribution in [0.25, 0.3) is 0 Å². The first-order valence-electron chi connectivity index (χ1n) is 8.40. The zero-order valence-corrected chi connectivity index (χ0v) is 16.2. The minimum atomic E-state index is -3.52. The monoisotopic (exact) mass is 408 g/mol. The zero-order chi connectivity index (χ0) is 19.7. The van der Waals surface area contributed by atoms with Gasteiger partial charge in [-0.25, -0.2) is 8.42 Å². The van der Waals surface area contributed by atoms with E-state index in [9.17, 15) is 18.0 Å². The number of carbonyl (C=O) groups is 2. The first kappa shape index (κ1) is 20.9. The molecule has 0 saturated carbocycles. The molecule has 0 unspecified atom stereocenters. The van der Waals surface area contributed by atoms with Crippen LogP contribution in [0.2, 0.25) is 5.02 Å². The number of aryl methyl sites for hydroxylation is 1. The van der Waals surface area contributed by atoms with Crippen LogP contribution in [-0.4, -0.2) is 38.3 Å². The number of hydrogen-bond acceptors (Lipinski definition) is 4. The van der Waals surface area contributed by atoms with E-state index >= 15 is 0 Å². The number of hydrogen-bond donors (Lipinski definition) is 2. The lowest BCUT2D eigenvalue weighted by Gasteiger charge is -2.08. The lowest BCUT2D eigenvalue weighted by molar-refractivity contribution is -0.122. The Bertz CT molecular complexity index is 868. The van der Waals surface area contributed by atoms with Gasteiger partial charge in [-0.05, 0) is 42.7 Å². The third-order valence-corrected chi connectivity index (χ3v) is 5.55. The van der Waals surface area contributed by atoms with Crippen LogP contribution in [0.4, 0.5) is 5.69 Å². The van der Waals surface area contributed by atoms with E-state index in [1.807, 2.05) is 30.3 Å². The molecule has 0 aromatic heterocycles. The number of rotatable bonds is 9. The molecule has 0 atom stereocenters. The van der Waals surface area contributed by atoms with Crippen molar-refractivity contribution in [2.75, 3.05) is 23.4 Å². The van der Waals surface area contributed by atoms with Gasteiger partial charge in [-0.1, -0.05) is 41.9 Å². The molecule has 2 rings (SSSR count). The summed E-state index contributed by atoms with van der Waals surface area (Å²) in [6, 6.07) is 16.0. The first-order chi connectivity index (χ1) is 12.8. The second-order valence-electron chi connectivity index (χ2n) is 6.01. The Balaban J connectivity index is 1.70. The highest BCUT2D eigenvalue weighted by Crippen LogP contribution is 2.13. The molecule has 0 saturated heterocycles. The molecular weight excluding hydrogens is 388 g/mol. The molecule has 8 heteroatoms. The van der Waals surface area contributed by atoms with Gasteiger partial charge in [0.25, 0.3) is 0 Å². The Hall–Kier alpha value is -2.38. The maximum Gasteiger partial charge on any atom is 0.243 e. The van der Waals surface area contributed by atoms with Crippen molar-refractivity contribution in [1.82, 2.24) is 5.32 Å². The minimum absolute atomic E-state index is 0.0771. The van der Waals surface area contributed by atoms with E-state index in [-0.39, 0.29) is 12.3 Å². The highest BCUT2D eigenvalue weighted by atomic mass is 35.5. The number of nitrogens with one attached hydrogen (secondary N) is 2. The van der Waals surface area contributed by atoms with Crippen molar-refractivity contribution in [2.24, 2.45) is 0 Å². The summed E-state index contributed by atoms with van der Waals surface area (Å²) in [5.74, 6) is -1.85. The number of amides is 2. The summed E-state index contributed by atoms with van der Waals surface area (Å²) in [6.45, 7) is -0.305. The zero-order valence-electron chi connectivity index (χ0n) is 14.7. The van der Waals surface area contributed by atoms with Crippen LogP contribution in [0.15, 0.2) is 54.6 Å². The summed E-state index contributed by atoms with van der Waals surface area (Å²) < 4.78 is 24.0. The van der Waals surface area contributed by atoms with E-state index in [2.05, 4.69) is 10.6 Å². The largest absolute Gasteiger partial charge is 0.346 e. The Morgan fingerprint density at radius 3 is 2.26 bits per heavy atom. The van der Waals surface area contributed by atoms with Crippen LogP contribution in [-0.2, 0) is 25.8 Å². The highest BCUT2D eigenvalue weighted by Gasteiger charge is 2.17.